The number of amides is 1. The maximum Gasteiger partial charge on any atom is 0.273 e. The maximum atomic E-state index is 12.4. The summed E-state index contributed by atoms with van der Waals surface area (Å²) in [4.78, 5) is 21.9. The second-order valence-corrected chi connectivity index (χ2v) is 6.37. The van der Waals surface area contributed by atoms with Gasteiger partial charge in [0.25, 0.3) is 5.91 Å². The first kappa shape index (κ1) is 14.2. The molecule has 2 aromatic rings. The van der Waals surface area contributed by atoms with Crippen LogP contribution in [-0.4, -0.2) is 46.9 Å². The van der Waals surface area contributed by atoms with Gasteiger partial charge in [0.1, 0.15) is 5.69 Å². The molecular weight excluding hydrogens is 282 g/mol. The number of thiazole rings is 1. The van der Waals surface area contributed by atoms with Crippen LogP contribution in [0.3, 0.4) is 0 Å². The number of piperazine rings is 1. The van der Waals surface area contributed by atoms with E-state index in [9.17, 15) is 4.79 Å². The van der Waals surface area contributed by atoms with E-state index in [-0.39, 0.29) is 5.91 Å². The zero-order valence-electron chi connectivity index (χ0n) is 12.2. The predicted molar refractivity (Wildman–Crippen MR) is 84.5 cm³/mol. The zero-order valence-corrected chi connectivity index (χ0v) is 13.0. The molecule has 21 heavy (non-hydrogen) atoms. The molecule has 1 aliphatic heterocycles. The summed E-state index contributed by atoms with van der Waals surface area (Å²) in [5.74, 6) is 0.0770. The highest BCUT2D eigenvalue weighted by molar-refractivity contribution is 7.09. The van der Waals surface area contributed by atoms with Gasteiger partial charge in [0.05, 0.1) is 5.51 Å². The van der Waals surface area contributed by atoms with Crippen LogP contribution in [0.25, 0.3) is 0 Å². The lowest BCUT2D eigenvalue weighted by Crippen LogP contribution is -2.48. The van der Waals surface area contributed by atoms with Gasteiger partial charge in [-0.15, -0.1) is 11.3 Å². The molecule has 0 saturated carbocycles. The molecule has 4 nitrogen and oxygen atoms in total. The van der Waals surface area contributed by atoms with Gasteiger partial charge in [-0.25, -0.2) is 4.98 Å². The van der Waals surface area contributed by atoms with Crippen molar-refractivity contribution < 1.29 is 4.79 Å². The number of carbonyl (C=O) groups excluding carboxylic acids is 1. The first-order valence-corrected chi connectivity index (χ1v) is 8.07. The minimum atomic E-state index is 0.0770. The van der Waals surface area contributed by atoms with Crippen molar-refractivity contribution in [3.63, 3.8) is 0 Å². The van der Waals surface area contributed by atoms with E-state index in [0.717, 1.165) is 37.6 Å². The van der Waals surface area contributed by atoms with Gasteiger partial charge in [-0.2, -0.15) is 0 Å². The molecule has 5 heteroatoms. The van der Waals surface area contributed by atoms with Crippen molar-refractivity contribution in [3.8, 4) is 0 Å². The molecule has 0 unspecified atom stereocenters. The van der Waals surface area contributed by atoms with Gasteiger partial charge in [-0.05, 0) is 12.5 Å². The monoisotopic (exact) mass is 301 g/mol. The normalized spacial score (nSPS) is 16.1. The molecule has 0 bridgehead atoms. The average Bonchev–Trinajstić information content (AvgIpc) is 2.94. The quantitative estimate of drug-likeness (QED) is 0.873. The van der Waals surface area contributed by atoms with Crippen LogP contribution in [-0.2, 0) is 6.54 Å². The Labute approximate surface area is 129 Å². The summed E-state index contributed by atoms with van der Waals surface area (Å²) in [6, 6.07) is 10.5. The van der Waals surface area contributed by atoms with Crippen molar-refractivity contribution in [2.75, 3.05) is 26.2 Å². The lowest BCUT2D eigenvalue weighted by atomic mass is 10.2. The Hall–Kier alpha value is -1.72. The molecule has 1 aromatic heterocycles. The van der Waals surface area contributed by atoms with Crippen LogP contribution in [0.15, 0.2) is 35.8 Å². The number of hydrogen-bond acceptors (Lipinski definition) is 4. The van der Waals surface area contributed by atoms with Crippen molar-refractivity contribution in [3.05, 3.63) is 52.0 Å². The minimum Gasteiger partial charge on any atom is -0.335 e. The largest absolute Gasteiger partial charge is 0.335 e. The second-order valence-electron chi connectivity index (χ2n) is 5.31. The van der Waals surface area contributed by atoms with Crippen molar-refractivity contribution in [1.82, 2.24) is 14.8 Å². The van der Waals surface area contributed by atoms with E-state index in [1.54, 1.807) is 5.51 Å². The molecule has 1 aliphatic rings. The molecule has 3 rings (SSSR count). The Morgan fingerprint density at radius 2 is 1.90 bits per heavy atom. The molecule has 1 aromatic carbocycles. The van der Waals surface area contributed by atoms with E-state index in [1.165, 1.54) is 16.9 Å². The first-order valence-electron chi connectivity index (χ1n) is 7.19. The van der Waals surface area contributed by atoms with Gasteiger partial charge >= 0.3 is 0 Å². The summed E-state index contributed by atoms with van der Waals surface area (Å²) < 4.78 is 0. The summed E-state index contributed by atoms with van der Waals surface area (Å²) in [5, 5.41) is 0. The summed E-state index contributed by atoms with van der Waals surface area (Å²) in [7, 11) is 0. The molecule has 0 aliphatic carbocycles. The van der Waals surface area contributed by atoms with E-state index in [4.69, 9.17) is 0 Å². The van der Waals surface area contributed by atoms with Gasteiger partial charge < -0.3 is 4.90 Å². The van der Waals surface area contributed by atoms with Crippen LogP contribution < -0.4 is 0 Å². The lowest BCUT2D eigenvalue weighted by molar-refractivity contribution is 0.0623. The Morgan fingerprint density at radius 3 is 2.52 bits per heavy atom. The predicted octanol–water partition coefficient (Wildman–Crippen LogP) is 2.41. The fourth-order valence-corrected chi connectivity index (χ4v) is 3.18. The lowest BCUT2D eigenvalue weighted by Gasteiger charge is -2.34. The Bertz CT molecular complexity index is 603. The standard InChI is InChI=1S/C16H19N3OS/c1-13-15(17-12-21-13)16(20)19-9-7-18(8-10-19)11-14-5-3-2-4-6-14/h2-6,12H,7-11H2,1H3. The van der Waals surface area contributed by atoms with Crippen LogP contribution in [0, 0.1) is 6.92 Å². The number of aromatic nitrogens is 1. The molecule has 0 spiro atoms. The van der Waals surface area contributed by atoms with E-state index in [2.05, 4.69) is 34.1 Å². The van der Waals surface area contributed by atoms with Crippen molar-refractivity contribution in [1.29, 1.82) is 0 Å². The molecule has 1 amide bonds. The number of hydrogen-bond donors (Lipinski definition) is 0. The van der Waals surface area contributed by atoms with Gasteiger partial charge in [0.2, 0.25) is 0 Å². The fourth-order valence-electron chi connectivity index (χ4n) is 2.61. The Kier molecular flexibility index (Phi) is 4.31. The smallest absolute Gasteiger partial charge is 0.273 e. The van der Waals surface area contributed by atoms with Crippen molar-refractivity contribution >= 4 is 17.2 Å². The SMILES string of the molecule is Cc1scnc1C(=O)N1CCN(Cc2ccccc2)CC1. The molecule has 2 heterocycles. The summed E-state index contributed by atoms with van der Waals surface area (Å²) in [6.07, 6.45) is 0. The van der Waals surface area contributed by atoms with Gasteiger partial charge in [-0.1, -0.05) is 30.3 Å². The summed E-state index contributed by atoms with van der Waals surface area (Å²) >= 11 is 1.53. The molecule has 0 atom stereocenters. The van der Waals surface area contributed by atoms with Crippen molar-refractivity contribution in [2.45, 2.75) is 13.5 Å². The summed E-state index contributed by atoms with van der Waals surface area (Å²) in [5.41, 5.74) is 3.69. The number of benzene rings is 1. The number of rotatable bonds is 3. The molecule has 1 fully saturated rings. The van der Waals surface area contributed by atoms with E-state index in [1.807, 2.05) is 17.9 Å². The van der Waals surface area contributed by atoms with Crippen molar-refractivity contribution in [2.24, 2.45) is 0 Å². The van der Waals surface area contributed by atoms with E-state index < -0.39 is 0 Å². The van der Waals surface area contributed by atoms with Gasteiger partial charge in [-0.3, -0.25) is 9.69 Å². The Balaban J connectivity index is 1.56. The molecule has 0 N–H and O–H groups in total. The number of nitrogens with zero attached hydrogens (tertiary/aromatic N) is 3. The number of aryl methyl sites for hydroxylation is 1. The van der Waals surface area contributed by atoms with Crippen LogP contribution in [0.2, 0.25) is 0 Å². The van der Waals surface area contributed by atoms with Gasteiger partial charge in [0, 0.05) is 37.6 Å². The topological polar surface area (TPSA) is 36.4 Å². The molecule has 0 radical (unpaired) electrons. The number of carbonyl (C=O) groups is 1. The van der Waals surface area contributed by atoms with Gasteiger partial charge in [0.15, 0.2) is 0 Å². The maximum absolute atomic E-state index is 12.4. The highest BCUT2D eigenvalue weighted by Crippen LogP contribution is 2.15. The third kappa shape index (κ3) is 3.31. The average molecular weight is 301 g/mol. The second kappa shape index (κ2) is 6.37. The van der Waals surface area contributed by atoms with E-state index in [0.29, 0.717) is 5.69 Å². The molecule has 110 valence electrons. The highest BCUT2D eigenvalue weighted by Gasteiger charge is 2.24. The first-order chi connectivity index (χ1) is 10.2. The molecular formula is C16H19N3OS. The highest BCUT2D eigenvalue weighted by atomic mass is 32.1. The summed E-state index contributed by atoms with van der Waals surface area (Å²) in [6.45, 7) is 6.31. The minimum absolute atomic E-state index is 0.0770. The van der Waals surface area contributed by atoms with Crippen LogP contribution in [0.4, 0.5) is 0 Å². The van der Waals surface area contributed by atoms with Crippen LogP contribution in [0.5, 0.6) is 0 Å². The third-order valence-corrected chi connectivity index (χ3v) is 4.61. The zero-order chi connectivity index (χ0) is 14.7. The Morgan fingerprint density at radius 1 is 1.19 bits per heavy atom. The molecule has 1 saturated heterocycles. The third-order valence-electron chi connectivity index (χ3n) is 3.86. The van der Waals surface area contributed by atoms with Crippen LogP contribution >= 0.6 is 11.3 Å². The van der Waals surface area contributed by atoms with E-state index >= 15 is 0 Å². The fraction of sp³-hybridized carbons (Fsp3) is 0.375. The van der Waals surface area contributed by atoms with Crippen LogP contribution in [0.1, 0.15) is 20.9 Å².